The standard InChI is InChI=1S/C26H21Cl2NO5/c1-3-34-19-10-7-15(8-11-19)23-22(24(30)16-9-12-21(33-2)20(28)13-16)25(31)26(32)29(23)18-6-4-5-17(27)14-18/h4-14,23,30H,3H2,1-2H3/b24-22+. The van der Waals surface area contributed by atoms with Gasteiger partial charge in [-0.15, -0.1) is 0 Å². The predicted molar refractivity (Wildman–Crippen MR) is 132 cm³/mol. The molecular formula is C26H21Cl2NO5. The molecule has 8 heteroatoms. The van der Waals surface area contributed by atoms with Gasteiger partial charge in [-0.3, -0.25) is 14.5 Å². The van der Waals surface area contributed by atoms with Crippen LogP contribution in [0.1, 0.15) is 24.1 Å². The number of halogens is 2. The number of carbonyl (C=O) groups is 2. The number of rotatable bonds is 6. The summed E-state index contributed by atoms with van der Waals surface area (Å²) in [6.07, 6.45) is 0. The summed E-state index contributed by atoms with van der Waals surface area (Å²) in [5.41, 5.74) is 1.27. The Morgan fingerprint density at radius 2 is 1.76 bits per heavy atom. The van der Waals surface area contributed by atoms with Crippen molar-refractivity contribution in [3.8, 4) is 11.5 Å². The van der Waals surface area contributed by atoms with Crippen LogP contribution in [0.15, 0.2) is 72.3 Å². The molecule has 1 aliphatic heterocycles. The highest BCUT2D eigenvalue weighted by molar-refractivity contribution is 6.52. The number of nitrogens with zero attached hydrogens (tertiary/aromatic N) is 1. The quantitative estimate of drug-likeness (QED) is 0.255. The van der Waals surface area contributed by atoms with Crippen LogP contribution in [0.5, 0.6) is 11.5 Å². The van der Waals surface area contributed by atoms with Crippen LogP contribution in [-0.2, 0) is 9.59 Å². The van der Waals surface area contributed by atoms with E-state index in [9.17, 15) is 14.7 Å². The number of amides is 1. The Kier molecular flexibility index (Phi) is 6.82. The third-order valence-electron chi connectivity index (χ3n) is 5.46. The Labute approximate surface area is 206 Å². The normalized spacial score (nSPS) is 17.2. The zero-order valence-electron chi connectivity index (χ0n) is 18.4. The van der Waals surface area contributed by atoms with E-state index in [0.29, 0.717) is 34.4 Å². The Morgan fingerprint density at radius 3 is 2.38 bits per heavy atom. The number of aliphatic hydroxyl groups is 1. The fourth-order valence-electron chi connectivity index (χ4n) is 3.92. The highest BCUT2D eigenvalue weighted by Crippen LogP contribution is 2.43. The number of hydrogen-bond acceptors (Lipinski definition) is 5. The Morgan fingerprint density at radius 1 is 1.03 bits per heavy atom. The summed E-state index contributed by atoms with van der Waals surface area (Å²) in [7, 11) is 1.48. The first-order valence-electron chi connectivity index (χ1n) is 10.5. The first-order valence-corrected chi connectivity index (χ1v) is 11.2. The molecule has 0 aliphatic carbocycles. The van der Waals surface area contributed by atoms with Crippen molar-refractivity contribution in [2.45, 2.75) is 13.0 Å². The van der Waals surface area contributed by atoms with E-state index in [-0.39, 0.29) is 21.9 Å². The zero-order valence-corrected chi connectivity index (χ0v) is 19.9. The topological polar surface area (TPSA) is 76.1 Å². The molecule has 1 N–H and O–H groups in total. The van der Waals surface area contributed by atoms with Gasteiger partial charge in [0, 0.05) is 16.3 Å². The SMILES string of the molecule is CCOc1ccc(C2/C(=C(\O)c3ccc(OC)c(Cl)c3)C(=O)C(=O)N2c2cccc(Cl)c2)cc1. The maximum atomic E-state index is 13.2. The van der Waals surface area contributed by atoms with E-state index in [1.807, 2.05) is 6.92 Å². The van der Waals surface area contributed by atoms with Gasteiger partial charge >= 0.3 is 0 Å². The first kappa shape index (κ1) is 23.7. The van der Waals surface area contributed by atoms with Crippen molar-refractivity contribution in [3.63, 3.8) is 0 Å². The first-order chi connectivity index (χ1) is 16.3. The molecule has 1 aliphatic rings. The van der Waals surface area contributed by atoms with Crippen LogP contribution in [0.4, 0.5) is 5.69 Å². The second-order valence-corrected chi connectivity index (χ2v) is 8.34. The molecule has 1 unspecified atom stereocenters. The summed E-state index contributed by atoms with van der Waals surface area (Å²) in [6.45, 7) is 2.38. The van der Waals surface area contributed by atoms with Gasteiger partial charge in [0.25, 0.3) is 11.7 Å². The Hall–Kier alpha value is -3.48. The molecule has 0 radical (unpaired) electrons. The summed E-state index contributed by atoms with van der Waals surface area (Å²) in [4.78, 5) is 27.8. The van der Waals surface area contributed by atoms with E-state index >= 15 is 0 Å². The van der Waals surface area contributed by atoms with Crippen LogP contribution >= 0.6 is 23.2 Å². The maximum absolute atomic E-state index is 13.2. The molecular weight excluding hydrogens is 477 g/mol. The van der Waals surface area contributed by atoms with Gasteiger partial charge in [0.1, 0.15) is 17.3 Å². The average Bonchev–Trinajstić information content (AvgIpc) is 3.09. The van der Waals surface area contributed by atoms with Crippen molar-refractivity contribution in [2.24, 2.45) is 0 Å². The van der Waals surface area contributed by atoms with Gasteiger partial charge in [-0.2, -0.15) is 0 Å². The van der Waals surface area contributed by atoms with Gasteiger partial charge in [0.2, 0.25) is 0 Å². The maximum Gasteiger partial charge on any atom is 0.300 e. The molecule has 1 heterocycles. The molecule has 0 spiro atoms. The average molecular weight is 498 g/mol. The lowest BCUT2D eigenvalue weighted by molar-refractivity contribution is -0.132. The van der Waals surface area contributed by atoms with Crippen molar-refractivity contribution in [2.75, 3.05) is 18.6 Å². The minimum atomic E-state index is -0.893. The summed E-state index contributed by atoms with van der Waals surface area (Å²) in [5.74, 6) is -0.870. The van der Waals surface area contributed by atoms with Crippen molar-refractivity contribution < 1.29 is 24.2 Å². The zero-order chi connectivity index (χ0) is 24.4. The molecule has 4 rings (SSSR count). The number of hydrogen-bond donors (Lipinski definition) is 1. The number of ketones is 1. The number of benzene rings is 3. The van der Waals surface area contributed by atoms with Crippen LogP contribution in [0.25, 0.3) is 5.76 Å². The summed E-state index contributed by atoms with van der Waals surface area (Å²) >= 11 is 12.4. The van der Waals surface area contributed by atoms with E-state index in [1.165, 1.54) is 18.1 Å². The molecule has 0 aromatic heterocycles. The molecule has 0 saturated carbocycles. The second-order valence-electron chi connectivity index (χ2n) is 7.50. The van der Waals surface area contributed by atoms with Gasteiger partial charge < -0.3 is 14.6 Å². The van der Waals surface area contributed by atoms with Crippen molar-refractivity contribution >= 4 is 46.3 Å². The Balaban J connectivity index is 1.91. The van der Waals surface area contributed by atoms with Crippen LogP contribution in [0, 0.1) is 0 Å². The van der Waals surface area contributed by atoms with Crippen molar-refractivity contribution in [1.82, 2.24) is 0 Å². The van der Waals surface area contributed by atoms with E-state index in [4.69, 9.17) is 32.7 Å². The van der Waals surface area contributed by atoms with Crippen molar-refractivity contribution in [1.29, 1.82) is 0 Å². The monoisotopic (exact) mass is 497 g/mol. The third-order valence-corrected chi connectivity index (χ3v) is 5.99. The smallest absolute Gasteiger partial charge is 0.300 e. The molecule has 1 saturated heterocycles. The Bertz CT molecular complexity index is 1290. The molecule has 174 valence electrons. The predicted octanol–water partition coefficient (Wildman–Crippen LogP) is 6.03. The van der Waals surface area contributed by atoms with E-state index in [0.717, 1.165) is 0 Å². The van der Waals surface area contributed by atoms with Gasteiger partial charge in [0.05, 0.1) is 30.4 Å². The highest BCUT2D eigenvalue weighted by atomic mass is 35.5. The van der Waals surface area contributed by atoms with Crippen LogP contribution in [0.2, 0.25) is 10.0 Å². The van der Waals surface area contributed by atoms with E-state index in [1.54, 1.807) is 60.7 Å². The molecule has 1 fully saturated rings. The molecule has 3 aromatic carbocycles. The number of ether oxygens (including phenoxy) is 2. The van der Waals surface area contributed by atoms with Crippen LogP contribution in [-0.4, -0.2) is 30.5 Å². The lowest BCUT2D eigenvalue weighted by atomic mass is 9.95. The third kappa shape index (κ3) is 4.34. The number of Topliss-reactive ketones (excluding diaryl/α,β-unsaturated/α-hetero) is 1. The summed E-state index contributed by atoms with van der Waals surface area (Å²) < 4.78 is 10.7. The highest BCUT2D eigenvalue weighted by Gasteiger charge is 2.47. The molecule has 34 heavy (non-hydrogen) atoms. The van der Waals surface area contributed by atoms with E-state index in [2.05, 4.69) is 0 Å². The van der Waals surface area contributed by atoms with Gasteiger partial charge in [0.15, 0.2) is 0 Å². The minimum Gasteiger partial charge on any atom is -0.507 e. The van der Waals surface area contributed by atoms with Crippen LogP contribution in [0.3, 0.4) is 0 Å². The molecule has 0 bridgehead atoms. The van der Waals surface area contributed by atoms with Crippen LogP contribution < -0.4 is 14.4 Å². The number of carbonyl (C=O) groups excluding carboxylic acids is 2. The lowest BCUT2D eigenvalue weighted by Crippen LogP contribution is -2.29. The van der Waals surface area contributed by atoms with E-state index < -0.39 is 17.7 Å². The summed E-state index contributed by atoms with van der Waals surface area (Å²) in [6, 6.07) is 17.4. The summed E-state index contributed by atoms with van der Waals surface area (Å²) in [5, 5.41) is 11.9. The molecule has 1 amide bonds. The number of anilines is 1. The number of methoxy groups -OCH3 is 1. The fraction of sp³-hybridized carbons (Fsp3) is 0.154. The largest absolute Gasteiger partial charge is 0.507 e. The second kappa shape index (κ2) is 9.79. The molecule has 3 aromatic rings. The van der Waals surface area contributed by atoms with Gasteiger partial charge in [-0.25, -0.2) is 0 Å². The lowest BCUT2D eigenvalue weighted by Gasteiger charge is -2.25. The fourth-order valence-corrected chi connectivity index (χ4v) is 4.36. The number of aliphatic hydroxyl groups excluding tert-OH is 1. The minimum absolute atomic E-state index is 0.0598. The molecule has 1 atom stereocenters. The van der Waals surface area contributed by atoms with Gasteiger partial charge in [-0.1, -0.05) is 41.4 Å². The molecule has 6 nitrogen and oxygen atoms in total. The van der Waals surface area contributed by atoms with Crippen molar-refractivity contribution in [3.05, 3.63) is 93.5 Å². The van der Waals surface area contributed by atoms with Gasteiger partial charge in [-0.05, 0) is 61.0 Å².